The van der Waals surface area contributed by atoms with E-state index >= 15 is 0 Å². The fourth-order valence-electron chi connectivity index (χ4n) is 1.94. The van der Waals surface area contributed by atoms with Crippen molar-refractivity contribution in [2.75, 3.05) is 0 Å². The van der Waals surface area contributed by atoms with E-state index in [2.05, 4.69) is 23.9 Å². The van der Waals surface area contributed by atoms with Gasteiger partial charge < -0.3 is 4.84 Å². The molecule has 0 aliphatic carbocycles. The Morgan fingerprint density at radius 3 is 2.43 bits per heavy atom. The first-order valence-electron chi connectivity index (χ1n) is 7.84. The number of benzene rings is 2. The Hall–Kier alpha value is -2.79. The second-order valence-electron chi connectivity index (χ2n) is 4.99. The molecule has 0 radical (unpaired) electrons. The molecule has 2 aromatic rings. The molecule has 1 unspecified atom stereocenters. The van der Waals surface area contributed by atoms with E-state index in [0.717, 1.165) is 24.0 Å². The first kappa shape index (κ1) is 16.6. The molecule has 0 saturated heterocycles. The van der Waals surface area contributed by atoms with Gasteiger partial charge in [0.25, 0.3) is 0 Å². The monoisotopic (exact) mass is 303 g/mol. The lowest BCUT2D eigenvalue weighted by molar-refractivity contribution is 0.101. The molecular formula is C21H21NO. The summed E-state index contributed by atoms with van der Waals surface area (Å²) in [4.78, 5) is 5.56. The Bertz CT molecular complexity index is 678. The van der Waals surface area contributed by atoms with Crippen LogP contribution in [0.25, 0.3) is 6.08 Å². The van der Waals surface area contributed by atoms with Gasteiger partial charge in [-0.15, -0.1) is 0 Å². The minimum atomic E-state index is -0.330. The molecule has 2 aromatic carbocycles. The molecule has 0 aromatic heterocycles. The summed E-state index contributed by atoms with van der Waals surface area (Å²) in [5.74, 6) is 6.27. The summed E-state index contributed by atoms with van der Waals surface area (Å²) >= 11 is 0. The molecule has 0 fully saturated rings. The third-order valence-electron chi connectivity index (χ3n) is 3.11. The summed E-state index contributed by atoms with van der Waals surface area (Å²) < 4.78 is 0. The molecule has 2 nitrogen and oxygen atoms in total. The molecule has 0 aliphatic heterocycles. The molecule has 23 heavy (non-hydrogen) atoms. The van der Waals surface area contributed by atoms with Crippen LogP contribution in [0.3, 0.4) is 0 Å². The first-order chi connectivity index (χ1) is 11.4. The molecule has 2 heteroatoms. The first-order valence-corrected chi connectivity index (χ1v) is 7.84. The van der Waals surface area contributed by atoms with E-state index < -0.39 is 0 Å². The minimum absolute atomic E-state index is 0.330. The molecule has 0 saturated carbocycles. The Balaban J connectivity index is 1.97. The Morgan fingerprint density at radius 2 is 1.74 bits per heavy atom. The highest BCUT2D eigenvalue weighted by atomic mass is 16.6. The molecule has 2 rings (SSSR count). The van der Waals surface area contributed by atoms with Crippen molar-refractivity contribution in [2.45, 2.75) is 25.9 Å². The Morgan fingerprint density at radius 1 is 1.04 bits per heavy atom. The normalized spacial score (nSPS) is 12.0. The summed E-state index contributed by atoms with van der Waals surface area (Å²) in [5, 5.41) is 4.03. The van der Waals surface area contributed by atoms with Crippen molar-refractivity contribution in [3.05, 3.63) is 77.9 Å². The Kier molecular flexibility index (Phi) is 7.22. The zero-order valence-corrected chi connectivity index (χ0v) is 13.4. The molecule has 0 spiro atoms. The molecule has 0 amide bonds. The van der Waals surface area contributed by atoms with Crippen molar-refractivity contribution in [2.24, 2.45) is 5.16 Å². The summed E-state index contributed by atoms with van der Waals surface area (Å²) in [6.07, 6.45) is 7.06. The zero-order valence-electron chi connectivity index (χ0n) is 13.4. The van der Waals surface area contributed by atoms with Crippen molar-refractivity contribution >= 4 is 12.3 Å². The van der Waals surface area contributed by atoms with Gasteiger partial charge in [-0.3, -0.25) is 0 Å². The van der Waals surface area contributed by atoms with Gasteiger partial charge in [0, 0.05) is 12.0 Å². The van der Waals surface area contributed by atoms with E-state index in [0.29, 0.717) is 0 Å². The molecule has 0 bridgehead atoms. The third-order valence-corrected chi connectivity index (χ3v) is 3.11. The average Bonchev–Trinajstić information content (AvgIpc) is 2.62. The van der Waals surface area contributed by atoms with Gasteiger partial charge >= 0.3 is 0 Å². The predicted octanol–water partition coefficient (Wildman–Crippen LogP) is 5.25. The van der Waals surface area contributed by atoms with Crippen LogP contribution in [-0.2, 0) is 4.84 Å². The number of allylic oxidation sites excluding steroid dienone is 1. The van der Waals surface area contributed by atoms with E-state index in [1.807, 2.05) is 72.8 Å². The van der Waals surface area contributed by atoms with Gasteiger partial charge in [0.2, 0.25) is 6.10 Å². The highest BCUT2D eigenvalue weighted by Gasteiger charge is 2.07. The maximum Gasteiger partial charge on any atom is 0.212 e. The molecule has 0 heterocycles. The fourth-order valence-corrected chi connectivity index (χ4v) is 1.94. The number of oxime groups is 1. The lowest BCUT2D eigenvalue weighted by Gasteiger charge is -2.08. The van der Waals surface area contributed by atoms with Crippen LogP contribution in [0, 0.1) is 11.8 Å². The summed E-state index contributed by atoms with van der Waals surface area (Å²) in [6.45, 7) is 2.11. The molecule has 116 valence electrons. The number of hydrogen-bond acceptors (Lipinski definition) is 2. The van der Waals surface area contributed by atoms with Crippen LogP contribution < -0.4 is 0 Å². The fraction of sp³-hybridized carbons (Fsp3) is 0.190. The topological polar surface area (TPSA) is 21.6 Å². The van der Waals surface area contributed by atoms with Gasteiger partial charge in [-0.05, 0) is 18.1 Å². The largest absolute Gasteiger partial charge is 0.374 e. The van der Waals surface area contributed by atoms with Gasteiger partial charge in [-0.1, -0.05) is 90.7 Å². The number of nitrogens with zero attached hydrogens (tertiary/aromatic N) is 1. The van der Waals surface area contributed by atoms with Crippen LogP contribution in [0.15, 0.2) is 71.9 Å². The number of hydrogen-bond donors (Lipinski definition) is 0. The maximum absolute atomic E-state index is 5.56. The SMILES string of the molecule is CCCC#CC(O/N=C\C=C\c1ccccc1)c1ccccc1. The Labute approximate surface area is 138 Å². The van der Waals surface area contributed by atoms with Gasteiger partial charge in [-0.25, -0.2) is 0 Å². The van der Waals surface area contributed by atoms with Crippen molar-refractivity contribution in [1.29, 1.82) is 0 Å². The summed E-state index contributed by atoms with van der Waals surface area (Å²) in [7, 11) is 0. The van der Waals surface area contributed by atoms with Crippen LogP contribution >= 0.6 is 0 Å². The second kappa shape index (κ2) is 10.0. The summed E-state index contributed by atoms with van der Waals surface area (Å²) in [6, 6.07) is 20.0. The number of rotatable bonds is 6. The lowest BCUT2D eigenvalue weighted by Crippen LogP contribution is -1.97. The molecular weight excluding hydrogens is 282 g/mol. The van der Waals surface area contributed by atoms with Crippen molar-refractivity contribution in [1.82, 2.24) is 0 Å². The quantitative estimate of drug-likeness (QED) is 0.406. The lowest BCUT2D eigenvalue weighted by atomic mass is 10.1. The molecule has 0 aliphatic rings. The van der Waals surface area contributed by atoms with Crippen molar-refractivity contribution in [3.63, 3.8) is 0 Å². The van der Waals surface area contributed by atoms with Crippen LogP contribution in [0.2, 0.25) is 0 Å². The number of unbranched alkanes of at least 4 members (excludes halogenated alkanes) is 1. The van der Waals surface area contributed by atoms with E-state index in [4.69, 9.17) is 4.84 Å². The highest BCUT2D eigenvalue weighted by Crippen LogP contribution is 2.16. The zero-order chi connectivity index (χ0) is 16.2. The predicted molar refractivity (Wildman–Crippen MR) is 96.9 cm³/mol. The minimum Gasteiger partial charge on any atom is -0.374 e. The average molecular weight is 303 g/mol. The van der Waals surface area contributed by atoms with Crippen LogP contribution in [0.5, 0.6) is 0 Å². The highest BCUT2D eigenvalue weighted by molar-refractivity contribution is 5.77. The van der Waals surface area contributed by atoms with Crippen molar-refractivity contribution < 1.29 is 4.84 Å². The van der Waals surface area contributed by atoms with Crippen LogP contribution in [-0.4, -0.2) is 6.21 Å². The van der Waals surface area contributed by atoms with E-state index in [-0.39, 0.29) is 6.10 Å². The van der Waals surface area contributed by atoms with Crippen LogP contribution in [0.4, 0.5) is 0 Å². The van der Waals surface area contributed by atoms with Gasteiger partial charge in [0.05, 0.1) is 6.21 Å². The van der Waals surface area contributed by atoms with Gasteiger partial charge in [0.15, 0.2) is 0 Å². The van der Waals surface area contributed by atoms with Crippen molar-refractivity contribution in [3.8, 4) is 11.8 Å². The summed E-state index contributed by atoms with van der Waals surface area (Å²) in [5.41, 5.74) is 2.14. The van der Waals surface area contributed by atoms with E-state index in [1.165, 1.54) is 0 Å². The van der Waals surface area contributed by atoms with Crippen LogP contribution in [0.1, 0.15) is 37.0 Å². The maximum atomic E-state index is 5.56. The van der Waals surface area contributed by atoms with Gasteiger partial charge in [0.1, 0.15) is 0 Å². The molecule has 0 N–H and O–H groups in total. The van der Waals surface area contributed by atoms with Gasteiger partial charge in [-0.2, -0.15) is 0 Å². The standard InChI is InChI=1S/C21H21NO/c1-2-3-6-17-21(20-15-9-5-10-16-20)23-22-18-11-14-19-12-7-4-8-13-19/h4-5,7-16,18,21H,2-3H2,1H3/b14-11+,22-18-. The van der Waals surface area contributed by atoms with E-state index in [1.54, 1.807) is 6.21 Å². The smallest absolute Gasteiger partial charge is 0.212 e. The molecule has 1 atom stereocenters. The second-order valence-corrected chi connectivity index (χ2v) is 4.99. The van der Waals surface area contributed by atoms with E-state index in [9.17, 15) is 0 Å². The third kappa shape index (κ3) is 6.23.